The molecule has 3 fully saturated rings. The van der Waals surface area contributed by atoms with E-state index < -0.39 is 50.4 Å². The molecule has 51 heavy (non-hydrogen) atoms. The minimum atomic E-state index is -1.38. The number of nitrogens with zero attached hydrogens (tertiary/aromatic N) is 2. The number of hydrogen-bond acceptors (Lipinski definition) is 8. The van der Waals surface area contributed by atoms with Gasteiger partial charge >= 0.3 is 7.12 Å². The number of hydrogen-bond donors (Lipinski definition) is 0. The Kier molecular flexibility index (Phi) is 9.94. The third-order valence-corrected chi connectivity index (χ3v) is 12.0. The lowest BCUT2D eigenvalue weighted by molar-refractivity contribution is -0.286. The van der Waals surface area contributed by atoms with Gasteiger partial charge in [-0.25, -0.2) is 8.78 Å². The average Bonchev–Trinajstić information content (AvgIpc) is 3.53. The van der Waals surface area contributed by atoms with Crippen molar-refractivity contribution in [2.45, 2.75) is 102 Å². The van der Waals surface area contributed by atoms with E-state index in [0.717, 1.165) is 17.1 Å². The number of rotatable bonds is 10. The fourth-order valence-electron chi connectivity index (χ4n) is 6.48. The van der Waals surface area contributed by atoms with Gasteiger partial charge in [0.15, 0.2) is 12.1 Å². The number of imidazole rings is 1. The zero-order valence-electron chi connectivity index (χ0n) is 30.4. The lowest BCUT2D eigenvalue weighted by Gasteiger charge is -2.41. The van der Waals surface area contributed by atoms with Crippen molar-refractivity contribution in [1.82, 2.24) is 9.55 Å². The molecule has 4 atom stereocenters. The minimum absolute atomic E-state index is 0.00806. The molecule has 3 saturated heterocycles. The van der Waals surface area contributed by atoms with Gasteiger partial charge in [0.25, 0.3) is 6.01 Å². The summed E-state index contributed by atoms with van der Waals surface area (Å²) in [6.07, 6.45) is -0.976. The quantitative estimate of drug-likeness (QED) is 0.125. The van der Waals surface area contributed by atoms with E-state index in [4.69, 9.17) is 33.0 Å². The molecular formula is C38H47BF2N2O7Si. The highest BCUT2D eigenvalue weighted by molar-refractivity contribution is 6.76. The molecule has 0 radical (unpaired) electrons. The van der Waals surface area contributed by atoms with Crippen molar-refractivity contribution in [3.05, 3.63) is 77.9 Å². The highest BCUT2D eigenvalue weighted by Gasteiger charge is 2.51. The molecule has 3 aliphatic heterocycles. The van der Waals surface area contributed by atoms with Gasteiger partial charge in [0.2, 0.25) is 0 Å². The van der Waals surface area contributed by atoms with E-state index in [2.05, 4.69) is 24.6 Å². The molecule has 0 saturated carbocycles. The Labute approximate surface area is 299 Å². The molecule has 3 aromatic carbocycles. The summed E-state index contributed by atoms with van der Waals surface area (Å²) in [7, 11) is -1.97. The average molecular weight is 721 g/mol. The van der Waals surface area contributed by atoms with Crippen LogP contribution in [0.3, 0.4) is 0 Å². The lowest BCUT2D eigenvalue weighted by Crippen LogP contribution is -2.50. The number of benzene rings is 3. The molecule has 13 heteroatoms. The van der Waals surface area contributed by atoms with Crippen LogP contribution in [0, 0.1) is 11.6 Å². The number of fused-ring (bicyclic) bond motifs is 2. The number of ether oxygens (including phenoxy) is 5. The van der Waals surface area contributed by atoms with Gasteiger partial charge in [0.1, 0.15) is 30.3 Å². The van der Waals surface area contributed by atoms with Crippen molar-refractivity contribution in [2.24, 2.45) is 0 Å². The topological polar surface area (TPSA) is 82.4 Å². The van der Waals surface area contributed by atoms with Crippen LogP contribution in [0.5, 0.6) is 6.01 Å². The van der Waals surface area contributed by atoms with Gasteiger partial charge < -0.3 is 33.0 Å². The van der Waals surface area contributed by atoms with E-state index in [0.29, 0.717) is 25.2 Å². The van der Waals surface area contributed by atoms with E-state index in [1.165, 1.54) is 6.07 Å². The molecule has 0 aliphatic carbocycles. The maximum atomic E-state index is 16.4. The molecule has 272 valence electrons. The second-order valence-corrected chi connectivity index (χ2v) is 21.5. The SMILES string of the molecule is CC1(C)OB(c2ccc(-c3c(F)cc4c(nc(O[C@H]5CO[C@@H]6COC(c7ccccc7)O[C@H]6C5)n4COCC[Si](C)(C)C)c3F)cc2)OC1(C)C. The molecule has 0 bridgehead atoms. The molecule has 7 rings (SSSR count). The number of aromatic nitrogens is 2. The maximum Gasteiger partial charge on any atom is 0.494 e. The first kappa shape index (κ1) is 36.2. The molecule has 0 N–H and O–H groups in total. The first-order chi connectivity index (χ1) is 24.2. The molecular weight excluding hydrogens is 673 g/mol. The van der Waals surface area contributed by atoms with Gasteiger partial charge in [-0.2, -0.15) is 4.98 Å². The molecule has 9 nitrogen and oxygen atoms in total. The molecule has 4 aromatic rings. The van der Waals surface area contributed by atoms with Crippen LogP contribution in [0.25, 0.3) is 22.2 Å². The van der Waals surface area contributed by atoms with Crippen LogP contribution in [-0.2, 0) is 35.0 Å². The first-order valence-corrected chi connectivity index (χ1v) is 21.4. The summed E-state index contributed by atoms with van der Waals surface area (Å²) in [5.74, 6) is -1.50. The summed E-state index contributed by atoms with van der Waals surface area (Å²) in [4.78, 5) is 4.61. The normalized spacial score (nSPS) is 24.5. The number of halogens is 2. The third-order valence-electron chi connectivity index (χ3n) is 10.3. The van der Waals surface area contributed by atoms with Crippen LogP contribution in [0.1, 0.15) is 46.0 Å². The zero-order chi connectivity index (χ0) is 36.1. The van der Waals surface area contributed by atoms with Crippen molar-refractivity contribution in [3.63, 3.8) is 0 Å². The van der Waals surface area contributed by atoms with Crippen molar-refractivity contribution < 1.29 is 41.8 Å². The Balaban J connectivity index is 1.15. The Morgan fingerprint density at radius 3 is 2.31 bits per heavy atom. The van der Waals surface area contributed by atoms with Crippen LogP contribution in [0.15, 0.2) is 60.7 Å². The van der Waals surface area contributed by atoms with E-state index in [1.807, 2.05) is 58.0 Å². The Morgan fingerprint density at radius 2 is 1.63 bits per heavy atom. The Morgan fingerprint density at radius 1 is 0.922 bits per heavy atom. The van der Waals surface area contributed by atoms with Crippen LogP contribution >= 0.6 is 0 Å². The fraction of sp³-hybridized carbons (Fsp3) is 0.500. The second kappa shape index (κ2) is 14.0. The fourth-order valence-corrected chi connectivity index (χ4v) is 7.24. The van der Waals surface area contributed by atoms with Gasteiger partial charge in [-0.05, 0) is 44.8 Å². The maximum absolute atomic E-state index is 16.4. The van der Waals surface area contributed by atoms with Crippen molar-refractivity contribution in [2.75, 3.05) is 19.8 Å². The monoisotopic (exact) mass is 720 g/mol. The van der Waals surface area contributed by atoms with Crippen molar-refractivity contribution in [3.8, 4) is 17.1 Å². The molecule has 4 heterocycles. The smallest absolute Gasteiger partial charge is 0.459 e. The van der Waals surface area contributed by atoms with Crippen LogP contribution < -0.4 is 10.2 Å². The van der Waals surface area contributed by atoms with E-state index in [9.17, 15) is 0 Å². The Hall–Kier alpha value is -3.17. The van der Waals surface area contributed by atoms with Gasteiger partial charge in [0.05, 0.1) is 41.6 Å². The van der Waals surface area contributed by atoms with Crippen LogP contribution in [0.2, 0.25) is 25.7 Å². The minimum Gasteiger partial charge on any atom is -0.459 e. The van der Waals surface area contributed by atoms with Gasteiger partial charge in [-0.3, -0.25) is 4.57 Å². The summed E-state index contributed by atoms with van der Waals surface area (Å²) in [5, 5.41) is 0. The summed E-state index contributed by atoms with van der Waals surface area (Å²) in [6.45, 7) is 15.9. The molecule has 0 spiro atoms. The van der Waals surface area contributed by atoms with E-state index >= 15 is 8.78 Å². The summed E-state index contributed by atoms with van der Waals surface area (Å²) >= 11 is 0. The van der Waals surface area contributed by atoms with Gasteiger partial charge in [0, 0.05) is 32.7 Å². The van der Waals surface area contributed by atoms with Gasteiger partial charge in [-0.1, -0.05) is 74.2 Å². The van der Waals surface area contributed by atoms with Crippen molar-refractivity contribution >= 4 is 31.7 Å². The zero-order valence-corrected chi connectivity index (χ0v) is 31.4. The Bertz CT molecular complexity index is 1840. The van der Waals surface area contributed by atoms with E-state index in [-0.39, 0.29) is 48.2 Å². The predicted molar refractivity (Wildman–Crippen MR) is 194 cm³/mol. The van der Waals surface area contributed by atoms with Crippen LogP contribution in [-0.4, -0.2) is 74.1 Å². The largest absolute Gasteiger partial charge is 0.494 e. The molecule has 1 unspecified atom stereocenters. The highest BCUT2D eigenvalue weighted by atomic mass is 28.3. The molecule has 0 amide bonds. The lowest BCUT2D eigenvalue weighted by atomic mass is 9.78. The summed E-state index contributed by atoms with van der Waals surface area (Å²) in [6, 6.07) is 19.0. The standard InChI is InChI=1S/C38H47BF2N2O7Si/c1-37(2)38(3,4)50-39(49-37)26-15-13-24(14-16-26)32-28(40)20-29-34(33(32)41)42-36(43(29)23-44-17-18-51(5,6)7)47-27-19-30-31(45-21-27)22-46-35(48-30)25-11-9-8-10-12-25/h8-16,20,27,30-31,35H,17-19,21-23H2,1-7H3/t27-,30+,31-,35?/m1/s1. The van der Waals surface area contributed by atoms with Crippen LogP contribution in [0.4, 0.5) is 8.78 Å². The van der Waals surface area contributed by atoms with Gasteiger partial charge in [-0.15, -0.1) is 0 Å². The van der Waals surface area contributed by atoms with E-state index in [1.54, 1.807) is 28.8 Å². The predicted octanol–water partition coefficient (Wildman–Crippen LogP) is 7.24. The molecule has 1 aromatic heterocycles. The summed E-state index contributed by atoms with van der Waals surface area (Å²) < 4.78 is 77.2. The molecule has 3 aliphatic rings. The summed E-state index contributed by atoms with van der Waals surface area (Å²) in [5.41, 5.74) is 1.09. The first-order valence-electron chi connectivity index (χ1n) is 17.7. The van der Waals surface area contributed by atoms with Crippen molar-refractivity contribution in [1.29, 1.82) is 0 Å². The third kappa shape index (κ3) is 7.53. The highest BCUT2D eigenvalue weighted by Crippen LogP contribution is 2.38. The second-order valence-electron chi connectivity index (χ2n) is 15.9.